The molecule has 3 aliphatic rings. The SMILES string of the molecule is Cc1noc(C)c1CN1CC[C@H]2OCC[C@@H](C(=O)NCC3CC3)[C@H]2C1. The highest BCUT2D eigenvalue weighted by Crippen LogP contribution is 2.34. The van der Waals surface area contributed by atoms with Crippen molar-refractivity contribution < 1.29 is 14.1 Å². The third-order valence-corrected chi connectivity index (χ3v) is 6.12. The Balaban J connectivity index is 1.40. The third kappa shape index (κ3) is 3.75. The summed E-state index contributed by atoms with van der Waals surface area (Å²) in [5.74, 6) is 2.25. The van der Waals surface area contributed by atoms with Crippen molar-refractivity contribution in [2.45, 2.75) is 52.2 Å². The van der Waals surface area contributed by atoms with E-state index < -0.39 is 0 Å². The Labute approximate surface area is 149 Å². The molecule has 1 amide bonds. The molecular formula is C19H29N3O3. The number of aromatic nitrogens is 1. The van der Waals surface area contributed by atoms with Crippen molar-refractivity contribution in [3.8, 4) is 0 Å². The van der Waals surface area contributed by atoms with Gasteiger partial charge in [0, 0.05) is 50.2 Å². The van der Waals surface area contributed by atoms with Crippen molar-refractivity contribution >= 4 is 5.91 Å². The maximum absolute atomic E-state index is 12.7. The zero-order valence-electron chi connectivity index (χ0n) is 15.3. The largest absolute Gasteiger partial charge is 0.378 e. The van der Waals surface area contributed by atoms with Crippen LogP contribution in [0.2, 0.25) is 0 Å². The minimum atomic E-state index is 0.0879. The quantitative estimate of drug-likeness (QED) is 0.883. The predicted octanol–water partition coefficient (Wildman–Crippen LogP) is 2.04. The summed E-state index contributed by atoms with van der Waals surface area (Å²) in [7, 11) is 0. The molecule has 2 saturated heterocycles. The fraction of sp³-hybridized carbons (Fsp3) is 0.789. The van der Waals surface area contributed by atoms with Crippen LogP contribution in [-0.4, -0.2) is 48.3 Å². The number of rotatable bonds is 5. The number of fused-ring (bicyclic) bond motifs is 1. The first-order chi connectivity index (χ1) is 12.1. The lowest BCUT2D eigenvalue weighted by Gasteiger charge is -2.44. The number of likely N-dealkylation sites (tertiary alicyclic amines) is 1. The lowest BCUT2D eigenvalue weighted by molar-refractivity contribution is -0.142. The van der Waals surface area contributed by atoms with Gasteiger partial charge >= 0.3 is 0 Å². The van der Waals surface area contributed by atoms with E-state index in [-0.39, 0.29) is 17.9 Å². The summed E-state index contributed by atoms with van der Waals surface area (Å²) >= 11 is 0. The number of piperidine rings is 1. The van der Waals surface area contributed by atoms with E-state index in [2.05, 4.69) is 15.4 Å². The summed E-state index contributed by atoms with van der Waals surface area (Å²) in [6.07, 6.45) is 4.61. The van der Waals surface area contributed by atoms with Crippen molar-refractivity contribution in [1.82, 2.24) is 15.4 Å². The monoisotopic (exact) mass is 347 g/mol. The summed E-state index contributed by atoms with van der Waals surface area (Å²) < 4.78 is 11.3. The summed E-state index contributed by atoms with van der Waals surface area (Å²) in [5, 5.41) is 7.25. The Morgan fingerprint density at radius 2 is 2.12 bits per heavy atom. The van der Waals surface area contributed by atoms with Gasteiger partial charge in [-0.15, -0.1) is 0 Å². The van der Waals surface area contributed by atoms with Crippen molar-refractivity contribution in [3.05, 3.63) is 17.0 Å². The molecule has 1 saturated carbocycles. The van der Waals surface area contributed by atoms with Crippen LogP contribution < -0.4 is 5.32 Å². The number of hydrogen-bond donors (Lipinski definition) is 1. The first kappa shape index (κ1) is 17.0. The van der Waals surface area contributed by atoms with Crippen LogP contribution in [0, 0.1) is 31.6 Å². The molecule has 25 heavy (non-hydrogen) atoms. The highest BCUT2D eigenvalue weighted by Gasteiger charge is 2.42. The second kappa shape index (κ2) is 7.08. The maximum Gasteiger partial charge on any atom is 0.223 e. The Morgan fingerprint density at radius 3 is 2.84 bits per heavy atom. The number of hydrogen-bond acceptors (Lipinski definition) is 5. The highest BCUT2D eigenvalue weighted by molar-refractivity contribution is 5.79. The minimum absolute atomic E-state index is 0.0879. The standard InChI is InChI=1S/C19H29N3O3/c1-12-16(13(2)25-21-12)10-22-7-5-18-17(11-22)15(6-8-24-18)19(23)20-9-14-3-4-14/h14-15,17-18H,3-11H2,1-2H3,(H,20,23)/t15-,17-,18-/m1/s1. The van der Waals surface area contributed by atoms with Gasteiger partial charge in [-0.2, -0.15) is 0 Å². The molecule has 1 aromatic heterocycles. The number of nitrogens with one attached hydrogen (secondary N) is 1. The summed E-state index contributed by atoms with van der Waals surface area (Å²) in [4.78, 5) is 15.1. The fourth-order valence-electron chi connectivity index (χ4n) is 4.30. The molecule has 1 N–H and O–H groups in total. The minimum Gasteiger partial charge on any atom is -0.378 e. The average Bonchev–Trinajstić information content (AvgIpc) is 3.40. The maximum atomic E-state index is 12.7. The Bertz CT molecular complexity index is 606. The molecule has 3 heterocycles. The van der Waals surface area contributed by atoms with Crippen molar-refractivity contribution in [2.75, 3.05) is 26.2 Å². The van der Waals surface area contributed by atoms with Crippen LogP contribution in [0.4, 0.5) is 0 Å². The van der Waals surface area contributed by atoms with Gasteiger partial charge in [0.15, 0.2) is 0 Å². The predicted molar refractivity (Wildman–Crippen MR) is 92.9 cm³/mol. The van der Waals surface area contributed by atoms with Crippen LogP contribution in [0.5, 0.6) is 0 Å². The molecule has 0 spiro atoms. The van der Waals surface area contributed by atoms with Crippen LogP contribution in [0.1, 0.15) is 42.7 Å². The average molecular weight is 347 g/mol. The van der Waals surface area contributed by atoms with Gasteiger partial charge in [-0.25, -0.2) is 0 Å². The molecule has 3 fully saturated rings. The molecular weight excluding hydrogens is 318 g/mol. The van der Waals surface area contributed by atoms with Crippen molar-refractivity contribution in [1.29, 1.82) is 0 Å². The third-order valence-electron chi connectivity index (χ3n) is 6.12. The van der Waals surface area contributed by atoms with Gasteiger partial charge in [0.05, 0.1) is 11.8 Å². The van der Waals surface area contributed by atoms with E-state index in [0.29, 0.717) is 12.5 Å². The molecule has 2 aliphatic heterocycles. The molecule has 0 unspecified atom stereocenters. The number of carbonyl (C=O) groups is 1. The highest BCUT2D eigenvalue weighted by atomic mass is 16.5. The van der Waals surface area contributed by atoms with E-state index in [4.69, 9.17) is 9.26 Å². The van der Waals surface area contributed by atoms with Crippen LogP contribution >= 0.6 is 0 Å². The van der Waals surface area contributed by atoms with E-state index in [1.54, 1.807) is 0 Å². The molecule has 1 aliphatic carbocycles. The molecule has 138 valence electrons. The first-order valence-electron chi connectivity index (χ1n) is 9.65. The second-order valence-electron chi connectivity index (χ2n) is 7.98. The lowest BCUT2D eigenvalue weighted by Crippen LogP contribution is -2.53. The molecule has 0 radical (unpaired) electrons. The molecule has 0 aromatic carbocycles. The summed E-state index contributed by atoms with van der Waals surface area (Å²) in [6, 6.07) is 0. The van der Waals surface area contributed by atoms with Crippen molar-refractivity contribution in [3.63, 3.8) is 0 Å². The zero-order chi connectivity index (χ0) is 17.4. The Kier molecular flexibility index (Phi) is 4.82. The van der Waals surface area contributed by atoms with Crippen LogP contribution in [0.3, 0.4) is 0 Å². The van der Waals surface area contributed by atoms with E-state index in [0.717, 1.165) is 56.4 Å². The molecule has 0 bridgehead atoms. The van der Waals surface area contributed by atoms with Gasteiger partial charge in [0.25, 0.3) is 0 Å². The summed E-state index contributed by atoms with van der Waals surface area (Å²) in [5.41, 5.74) is 2.16. The summed E-state index contributed by atoms with van der Waals surface area (Å²) in [6.45, 7) is 8.30. The van der Waals surface area contributed by atoms with Gasteiger partial charge in [0.1, 0.15) is 5.76 Å². The number of amides is 1. The molecule has 6 heteroatoms. The van der Waals surface area contributed by atoms with Crippen LogP contribution in [0.15, 0.2) is 4.52 Å². The van der Waals surface area contributed by atoms with Gasteiger partial charge in [0.2, 0.25) is 5.91 Å². The Hall–Kier alpha value is -1.40. The number of nitrogens with zero attached hydrogens (tertiary/aromatic N) is 2. The van der Waals surface area contributed by atoms with E-state index in [9.17, 15) is 4.79 Å². The van der Waals surface area contributed by atoms with Crippen molar-refractivity contribution in [2.24, 2.45) is 17.8 Å². The van der Waals surface area contributed by atoms with Gasteiger partial charge < -0.3 is 14.6 Å². The normalized spacial score (nSPS) is 30.1. The topological polar surface area (TPSA) is 67.6 Å². The fourth-order valence-corrected chi connectivity index (χ4v) is 4.30. The molecule has 4 rings (SSSR count). The Morgan fingerprint density at radius 1 is 1.28 bits per heavy atom. The van der Waals surface area contributed by atoms with E-state index >= 15 is 0 Å². The molecule has 1 aromatic rings. The van der Waals surface area contributed by atoms with Gasteiger partial charge in [-0.1, -0.05) is 5.16 Å². The number of ether oxygens (including phenoxy) is 1. The molecule has 3 atom stereocenters. The van der Waals surface area contributed by atoms with E-state index in [1.165, 1.54) is 18.4 Å². The van der Waals surface area contributed by atoms with E-state index in [1.807, 2.05) is 13.8 Å². The zero-order valence-corrected chi connectivity index (χ0v) is 15.3. The van der Waals surface area contributed by atoms with Crippen LogP contribution in [-0.2, 0) is 16.1 Å². The smallest absolute Gasteiger partial charge is 0.223 e. The molecule has 6 nitrogen and oxygen atoms in total. The lowest BCUT2D eigenvalue weighted by atomic mass is 9.79. The number of carbonyl (C=O) groups excluding carboxylic acids is 1. The van der Waals surface area contributed by atoms with Crippen LogP contribution in [0.25, 0.3) is 0 Å². The second-order valence-corrected chi connectivity index (χ2v) is 7.98. The number of aryl methyl sites for hydroxylation is 2. The first-order valence-corrected chi connectivity index (χ1v) is 9.65. The van der Waals surface area contributed by atoms with Gasteiger partial charge in [-0.05, 0) is 45.4 Å². The van der Waals surface area contributed by atoms with Gasteiger partial charge in [-0.3, -0.25) is 9.69 Å².